The van der Waals surface area contributed by atoms with Crippen LogP contribution in [0.25, 0.3) is 0 Å². The smallest absolute Gasteiger partial charge is 0.382 e. The lowest BCUT2D eigenvalue weighted by Gasteiger charge is -2.29. The number of aromatic amines is 1. The zero-order chi connectivity index (χ0) is 25.8. The SMILES string of the molecule is C#C.O=[N+]([O-])c1ccc(NC2CCCCC2)cc1C(F)(F)F.O=c1cc(N2CCNCC2)cc[nH]1. The molecule has 35 heavy (non-hydrogen) atoms. The number of rotatable bonds is 4. The van der Waals surface area contributed by atoms with Crippen LogP contribution in [0.3, 0.4) is 0 Å². The highest BCUT2D eigenvalue weighted by atomic mass is 19.4. The molecule has 4 rings (SSSR count). The predicted molar refractivity (Wildman–Crippen MR) is 131 cm³/mol. The van der Waals surface area contributed by atoms with Crippen molar-refractivity contribution in [1.29, 1.82) is 0 Å². The summed E-state index contributed by atoms with van der Waals surface area (Å²) >= 11 is 0. The number of aromatic nitrogens is 1. The molecule has 8 nitrogen and oxygen atoms in total. The van der Waals surface area contributed by atoms with Gasteiger partial charge in [0.15, 0.2) is 0 Å². The number of benzene rings is 1. The molecule has 0 spiro atoms. The van der Waals surface area contributed by atoms with Gasteiger partial charge in [0.2, 0.25) is 5.56 Å². The molecule has 1 saturated carbocycles. The van der Waals surface area contributed by atoms with E-state index < -0.39 is 22.4 Å². The van der Waals surface area contributed by atoms with E-state index in [-0.39, 0.29) is 17.3 Å². The van der Waals surface area contributed by atoms with Crippen LogP contribution in [0.15, 0.2) is 41.3 Å². The molecule has 1 saturated heterocycles. The third-order valence-corrected chi connectivity index (χ3v) is 5.72. The Balaban J connectivity index is 0.000000248. The first-order valence-electron chi connectivity index (χ1n) is 11.3. The molecule has 1 aromatic carbocycles. The molecule has 3 N–H and O–H groups in total. The zero-order valence-electron chi connectivity index (χ0n) is 19.3. The fraction of sp³-hybridized carbons (Fsp3) is 0.458. The van der Waals surface area contributed by atoms with Crippen LogP contribution in [0.4, 0.5) is 30.2 Å². The summed E-state index contributed by atoms with van der Waals surface area (Å²) in [6.45, 7) is 3.94. The summed E-state index contributed by atoms with van der Waals surface area (Å²) in [5.41, 5.74) is -0.842. The summed E-state index contributed by atoms with van der Waals surface area (Å²) in [4.78, 5) is 25.5. The molecule has 1 aliphatic carbocycles. The van der Waals surface area contributed by atoms with Gasteiger partial charge in [-0.05, 0) is 31.0 Å². The quantitative estimate of drug-likeness (QED) is 0.332. The zero-order valence-corrected chi connectivity index (χ0v) is 19.3. The van der Waals surface area contributed by atoms with Crippen LogP contribution in [0.5, 0.6) is 0 Å². The number of alkyl halides is 3. The number of terminal acetylenes is 1. The Bertz CT molecular complexity index is 1030. The maximum absolute atomic E-state index is 12.8. The number of piperazine rings is 1. The van der Waals surface area contributed by atoms with Gasteiger partial charge in [0.1, 0.15) is 5.56 Å². The first kappa shape index (κ1) is 27.7. The standard InChI is InChI=1S/C13H15F3N2O2.C9H13N3O.C2H2/c14-13(15,16)11-8-10(6-7-12(11)18(19)20)17-9-4-2-1-3-5-9;13-9-7-8(1-2-11-9)12-5-3-10-4-6-12;1-2/h6-9,17H,1-5H2;1-2,7,10H,3-6H2,(H,11,13);1-2H. The maximum Gasteiger partial charge on any atom is 0.423 e. The molecule has 0 radical (unpaired) electrons. The van der Waals surface area contributed by atoms with E-state index >= 15 is 0 Å². The van der Waals surface area contributed by atoms with E-state index in [9.17, 15) is 28.1 Å². The maximum atomic E-state index is 12.8. The molecule has 2 fully saturated rings. The Kier molecular flexibility index (Phi) is 10.6. The average Bonchev–Trinajstić information content (AvgIpc) is 2.86. The van der Waals surface area contributed by atoms with Gasteiger partial charge in [-0.25, -0.2) is 0 Å². The fourth-order valence-corrected chi connectivity index (χ4v) is 4.05. The lowest BCUT2D eigenvalue weighted by molar-refractivity contribution is -0.388. The highest BCUT2D eigenvalue weighted by Gasteiger charge is 2.38. The molecule has 2 heterocycles. The van der Waals surface area contributed by atoms with Crippen molar-refractivity contribution in [3.63, 3.8) is 0 Å². The first-order chi connectivity index (χ1) is 16.7. The van der Waals surface area contributed by atoms with Crippen molar-refractivity contribution in [2.45, 2.75) is 44.3 Å². The predicted octanol–water partition coefficient (Wildman–Crippen LogP) is 4.39. The molecule has 0 bridgehead atoms. The molecular weight excluding hydrogens is 463 g/mol. The molecule has 0 atom stereocenters. The summed E-state index contributed by atoms with van der Waals surface area (Å²) in [5, 5.41) is 17.0. The Morgan fingerprint density at radius 3 is 2.29 bits per heavy atom. The van der Waals surface area contributed by atoms with Crippen molar-refractivity contribution in [3.8, 4) is 12.8 Å². The largest absolute Gasteiger partial charge is 0.423 e. The van der Waals surface area contributed by atoms with E-state index in [1.165, 1.54) is 6.07 Å². The van der Waals surface area contributed by atoms with Crippen molar-refractivity contribution in [1.82, 2.24) is 10.3 Å². The number of nitro benzene ring substituents is 1. The number of nitrogens with zero attached hydrogens (tertiary/aromatic N) is 2. The van der Waals surface area contributed by atoms with Crippen LogP contribution in [-0.4, -0.2) is 42.1 Å². The summed E-state index contributed by atoms with van der Waals surface area (Å²) in [6, 6.07) is 6.80. The Hall–Kier alpha value is -3.52. The van der Waals surface area contributed by atoms with E-state index in [0.29, 0.717) is 0 Å². The second-order valence-corrected chi connectivity index (χ2v) is 8.11. The van der Waals surface area contributed by atoms with Gasteiger partial charge >= 0.3 is 6.18 Å². The second kappa shape index (κ2) is 13.4. The Morgan fingerprint density at radius 2 is 1.71 bits per heavy atom. The van der Waals surface area contributed by atoms with Crippen LogP contribution >= 0.6 is 0 Å². The summed E-state index contributed by atoms with van der Waals surface area (Å²) in [6.07, 6.45) is 10.0. The van der Waals surface area contributed by atoms with Crippen molar-refractivity contribution in [2.24, 2.45) is 0 Å². The van der Waals surface area contributed by atoms with Gasteiger partial charge in [-0.2, -0.15) is 13.2 Å². The van der Waals surface area contributed by atoms with E-state index in [2.05, 4.69) is 33.4 Å². The molecule has 0 amide bonds. The minimum absolute atomic E-state index is 0.0315. The van der Waals surface area contributed by atoms with E-state index in [0.717, 1.165) is 76.1 Å². The molecule has 1 aromatic heterocycles. The number of H-pyrrole nitrogens is 1. The minimum Gasteiger partial charge on any atom is -0.382 e. The molecular formula is C24H30F3N5O3. The lowest BCUT2D eigenvalue weighted by atomic mass is 9.95. The minimum atomic E-state index is -4.73. The van der Waals surface area contributed by atoms with Crippen LogP contribution in [0.1, 0.15) is 37.7 Å². The number of nitrogens with one attached hydrogen (secondary N) is 3. The summed E-state index contributed by atoms with van der Waals surface area (Å²) in [7, 11) is 0. The second-order valence-electron chi connectivity index (χ2n) is 8.11. The van der Waals surface area contributed by atoms with Crippen LogP contribution in [0.2, 0.25) is 0 Å². The summed E-state index contributed by atoms with van der Waals surface area (Å²) < 4.78 is 38.5. The van der Waals surface area contributed by atoms with Crippen LogP contribution < -0.4 is 21.1 Å². The Morgan fingerprint density at radius 1 is 1.06 bits per heavy atom. The van der Waals surface area contributed by atoms with E-state index in [1.54, 1.807) is 12.3 Å². The summed E-state index contributed by atoms with van der Waals surface area (Å²) in [5.74, 6) is 0. The van der Waals surface area contributed by atoms with Crippen molar-refractivity contribution in [2.75, 3.05) is 36.4 Å². The lowest BCUT2D eigenvalue weighted by Crippen LogP contribution is -2.43. The number of nitro groups is 1. The number of anilines is 2. The number of pyridine rings is 1. The highest BCUT2D eigenvalue weighted by Crippen LogP contribution is 2.38. The van der Waals surface area contributed by atoms with Crippen molar-refractivity contribution in [3.05, 3.63) is 62.6 Å². The van der Waals surface area contributed by atoms with Gasteiger partial charge in [0, 0.05) is 61.9 Å². The molecule has 2 aliphatic rings. The third-order valence-electron chi connectivity index (χ3n) is 5.72. The molecule has 11 heteroatoms. The normalized spacial score (nSPS) is 16.2. The van der Waals surface area contributed by atoms with Gasteiger partial charge in [0.05, 0.1) is 4.92 Å². The topological polar surface area (TPSA) is 103 Å². The molecule has 1 aliphatic heterocycles. The van der Waals surface area contributed by atoms with Gasteiger partial charge < -0.3 is 20.5 Å². The van der Waals surface area contributed by atoms with Gasteiger partial charge in [-0.3, -0.25) is 14.9 Å². The molecule has 0 unspecified atom stereocenters. The molecule has 2 aromatic rings. The van der Waals surface area contributed by atoms with Crippen molar-refractivity contribution >= 4 is 17.1 Å². The van der Waals surface area contributed by atoms with Gasteiger partial charge in [-0.15, -0.1) is 12.8 Å². The number of halogens is 3. The van der Waals surface area contributed by atoms with Crippen LogP contribution in [-0.2, 0) is 6.18 Å². The Labute approximate surface area is 202 Å². The number of hydrogen-bond acceptors (Lipinski definition) is 6. The van der Waals surface area contributed by atoms with Crippen molar-refractivity contribution < 1.29 is 18.1 Å². The van der Waals surface area contributed by atoms with Crippen LogP contribution in [0, 0.1) is 23.0 Å². The van der Waals surface area contributed by atoms with E-state index in [4.69, 9.17) is 0 Å². The van der Waals surface area contributed by atoms with Gasteiger partial charge in [-0.1, -0.05) is 19.3 Å². The fourth-order valence-electron chi connectivity index (χ4n) is 4.05. The monoisotopic (exact) mass is 493 g/mol. The third kappa shape index (κ3) is 8.64. The highest BCUT2D eigenvalue weighted by molar-refractivity contribution is 5.55. The molecule has 190 valence electrons. The van der Waals surface area contributed by atoms with Gasteiger partial charge in [0.25, 0.3) is 5.69 Å². The van der Waals surface area contributed by atoms with E-state index in [1.807, 2.05) is 6.07 Å². The first-order valence-corrected chi connectivity index (χ1v) is 11.3. The number of hydrogen-bond donors (Lipinski definition) is 3. The average molecular weight is 494 g/mol.